The van der Waals surface area contributed by atoms with Crippen molar-refractivity contribution in [2.24, 2.45) is 0 Å². The number of nitrogen functional groups attached to an aromatic ring is 1. The molecule has 0 radical (unpaired) electrons. The summed E-state index contributed by atoms with van der Waals surface area (Å²) < 4.78 is 15.5. The van der Waals surface area contributed by atoms with Gasteiger partial charge in [-0.25, -0.2) is 18.9 Å². The van der Waals surface area contributed by atoms with Gasteiger partial charge in [0.2, 0.25) is 5.95 Å². The number of anilines is 2. The lowest BCUT2D eigenvalue weighted by atomic mass is 9.96. The molecule has 180 valence electrons. The van der Waals surface area contributed by atoms with E-state index in [1.165, 1.54) is 25.0 Å². The van der Waals surface area contributed by atoms with Crippen molar-refractivity contribution < 1.29 is 4.39 Å². The summed E-state index contributed by atoms with van der Waals surface area (Å²) in [5, 5.41) is 8.39. The van der Waals surface area contributed by atoms with E-state index in [0.717, 1.165) is 66.4 Å². The summed E-state index contributed by atoms with van der Waals surface area (Å²) in [5.41, 5.74) is 11.5. The molecule has 2 fully saturated rings. The number of fused-ring (bicyclic) bond motifs is 1. The maximum atomic E-state index is 13.7. The first-order chi connectivity index (χ1) is 17.0. The lowest BCUT2D eigenvalue weighted by Gasteiger charge is -2.23. The Kier molecular flexibility index (Phi) is 5.60. The molecule has 6 rings (SSSR count). The highest BCUT2D eigenvalue weighted by molar-refractivity contribution is 6.24. The predicted molar refractivity (Wildman–Crippen MR) is 138 cm³/mol. The molecule has 0 amide bonds. The van der Waals surface area contributed by atoms with Gasteiger partial charge in [-0.2, -0.15) is 5.10 Å². The van der Waals surface area contributed by atoms with Crippen LogP contribution >= 0.6 is 11.6 Å². The number of halogens is 2. The lowest BCUT2D eigenvalue weighted by Crippen LogP contribution is -2.18. The molecule has 2 aliphatic carbocycles. The van der Waals surface area contributed by atoms with E-state index < -0.39 is 4.87 Å². The molecule has 8 heteroatoms. The molecule has 0 spiro atoms. The van der Waals surface area contributed by atoms with Crippen LogP contribution in [0.2, 0.25) is 0 Å². The summed E-state index contributed by atoms with van der Waals surface area (Å²) in [4.78, 5) is 8.85. The Morgan fingerprint density at radius 1 is 1.00 bits per heavy atom. The third-order valence-corrected chi connectivity index (χ3v) is 8.01. The molecule has 0 saturated heterocycles. The summed E-state index contributed by atoms with van der Waals surface area (Å²) in [6.07, 6.45) is 10.4. The Balaban J connectivity index is 1.52. The van der Waals surface area contributed by atoms with Crippen LogP contribution in [-0.4, -0.2) is 25.6 Å². The highest BCUT2D eigenvalue weighted by atomic mass is 35.5. The minimum Gasteiger partial charge on any atom is -0.383 e. The van der Waals surface area contributed by atoms with Crippen LogP contribution in [0, 0.1) is 5.82 Å². The maximum Gasteiger partial charge on any atom is 0.223 e. The van der Waals surface area contributed by atoms with Crippen molar-refractivity contribution >= 4 is 28.9 Å². The number of pyridine rings is 1. The van der Waals surface area contributed by atoms with E-state index in [4.69, 9.17) is 27.4 Å². The van der Waals surface area contributed by atoms with Crippen LogP contribution in [-0.2, 0) is 4.87 Å². The number of nitrogens with zero attached hydrogens (tertiary/aromatic N) is 4. The van der Waals surface area contributed by atoms with E-state index in [1.807, 2.05) is 18.2 Å². The van der Waals surface area contributed by atoms with Crippen molar-refractivity contribution in [3.8, 4) is 22.5 Å². The Labute approximate surface area is 208 Å². The van der Waals surface area contributed by atoms with Gasteiger partial charge in [-0.1, -0.05) is 31.7 Å². The van der Waals surface area contributed by atoms with Crippen LogP contribution in [0.1, 0.15) is 56.9 Å². The van der Waals surface area contributed by atoms with Gasteiger partial charge in [-0.05, 0) is 62.1 Å². The van der Waals surface area contributed by atoms with Gasteiger partial charge in [0.15, 0.2) is 0 Å². The number of nitrogens with one attached hydrogen (secondary N) is 1. The molecule has 0 atom stereocenters. The van der Waals surface area contributed by atoms with Crippen LogP contribution in [0.3, 0.4) is 0 Å². The number of rotatable bonds is 5. The number of aromatic nitrogens is 4. The van der Waals surface area contributed by atoms with E-state index in [0.29, 0.717) is 23.5 Å². The second-order valence-corrected chi connectivity index (χ2v) is 10.4. The molecule has 3 aromatic heterocycles. The minimum absolute atomic E-state index is 0.295. The molecule has 2 saturated carbocycles. The van der Waals surface area contributed by atoms with Crippen molar-refractivity contribution in [3.63, 3.8) is 0 Å². The molecule has 6 nitrogen and oxygen atoms in total. The maximum absolute atomic E-state index is 13.7. The molecule has 3 heterocycles. The van der Waals surface area contributed by atoms with Gasteiger partial charge < -0.3 is 11.1 Å². The molecular weight excluding hydrogens is 463 g/mol. The van der Waals surface area contributed by atoms with E-state index in [2.05, 4.69) is 10.3 Å². The quantitative estimate of drug-likeness (QED) is 0.310. The van der Waals surface area contributed by atoms with Crippen molar-refractivity contribution in [1.29, 1.82) is 0 Å². The second-order valence-electron chi connectivity index (χ2n) is 9.72. The Bertz CT molecular complexity index is 1370. The number of nitrogens with two attached hydrogens (primary N) is 1. The molecule has 0 bridgehead atoms. The van der Waals surface area contributed by atoms with Gasteiger partial charge in [-0.3, -0.25) is 0 Å². The van der Waals surface area contributed by atoms with Gasteiger partial charge >= 0.3 is 0 Å². The highest BCUT2D eigenvalue weighted by Crippen LogP contribution is 2.47. The largest absolute Gasteiger partial charge is 0.383 e. The van der Waals surface area contributed by atoms with Crippen molar-refractivity contribution in [1.82, 2.24) is 19.6 Å². The minimum atomic E-state index is -0.465. The fraction of sp³-hybridized carbons (Fsp3) is 0.370. The third kappa shape index (κ3) is 4.01. The van der Waals surface area contributed by atoms with Crippen LogP contribution in [0.4, 0.5) is 16.2 Å². The van der Waals surface area contributed by atoms with Crippen LogP contribution in [0.5, 0.6) is 0 Å². The lowest BCUT2D eigenvalue weighted by molar-refractivity contribution is 0.628. The number of alkyl halides is 1. The zero-order chi connectivity index (χ0) is 24.0. The third-order valence-electron chi connectivity index (χ3n) is 7.43. The van der Waals surface area contributed by atoms with Crippen molar-refractivity contribution in [2.45, 2.75) is 62.3 Å². The fourth-order valence-corrected chi connectivity index (χ4v) is 6.02. The van der Waals surface area contributed by atoms with Crippen LogP contribution in [0.15, 0.2) is 48.7 Å². The summed E-state index contributed by atoms with van der Waals surface area (Å²) >= 11 is 7.01. The smallest absolute Gasteiger partial charge is 0.223 e. The van der Waals surface area contributed by atoms with E-state index >= 15 is 0 Å². The zero-order valence-corrected chi connectivity index (χ0v) is 20.2. The molecule has 35 heavy (non-hydrogen) atoms. The zero-order valence-electron chi connectivity index (χ0n) is 19.5. The SMILES string of the molecule is Nc1c(C2(Cl)CCCC2)ccc2c(-c3ccnc(NC4CCCC4)n3)c(-c3ccc(F)cc3)nn12. The average molecular weight is 491 g/mol. The summed E-state index contributed by atoms with van der Waals surface area (Å²) in [7, 11) is 0. The topological polar surface area (TPSA) is 81.1 Å². The van der Waals surface area contributed by atoms with Gasteiger partial charge in [0.1, 0.15) is 17.3 Å². The molecule has 0 aliphatic heterocycles. The first kappa shape index (κ1) is 22.3. The normalized spacial score (nSPS) is 17.9. The standard InChI is InChI=1S/C27H28ClFN6/c28-27(14-3-4-15-27)20-11-12-22-23(21-13-16-31-26(33-21)32-19-5-1-2-6-19)24(34-35(22)25(20)30)17-7-9-18(29)10-8-17/h7-13,16,19H,1-6,14-15,30H2,(H,31,32,33). The Morgan fingerprint density at radius 2 is 1.74 bits per heavy atom. The average Bonchev–Trinajstić information content (AvgIpc) is 3.61. The highest BCUT2D eigenvalue weighted by Gasteiger charge is 2.36. The van der Waals surface area contributed by atoms with Crippen LogP contribution in [0.25, 0.3) is 28.0 Å². The van der Waals surface area contributed by atoms with E-state index in [1.54, 1.807) is 22.8 Å². The molecule has 2 aliphatic rings. The van der Waals surface area contributed by atoms with Crippen molar-refractivity contribution in [3.05, 3.63) is 60.0 Å². The number of benzene rings is 1. The first-order valence-corrected chi connectivity index (χ1v) is 12.8. The first-order valence-electron chi connectivity index (χ1n) is 12.4. The van der Waals surface area contributed by atoms with E-state index in [9.17, 15) is 4.39 Å². The van der Waals surface area contributed by atoms with Crippen LogP contribution < -0.4 is 11.1 Å². The summed E-state index contributed by atoms with van der Waals surface area (Å²) in [6, 6.07) is 12.7. The Morgan fingerprint density at radius 3 is 2.49 bits per heavy atom. The van der Waals surface area contributed by atoms with Gasteiger partial charge in [0.25, 0.3) is 0 Å². The summed E-state index contributed by atoms with van der Waals surface area (Å²) in [6.45, 7) is 0. The number of hydrogen-bond acceptors (Lipinski definition) is 5. The monoisotopic (exact) mass is 490 g/mol. The molecule has 4 aromatic rings. The van der Waals surface area contributed by atoms with Gasteiger partial charge in [0.05, 0.1) is 21.6 Å². The molecular formula is C27H28ClFN6. The van der Waals surface area contributed by atoms with Crippen molar-refractivity contribution in [2.75, 3.05) is 11.1 Å². The second kappa shape index (κ2) is 8.79. The molecule has 3 N–H and O–H groups in total. The summed E-state index contributed by atoms with van der Waals surface area (Å²) in [5.74, 6) is 0.845. The van der Waals surface area contributed by atoms with E-state index in [-0.39, 0.29) is 5.82 Å². The fourth-order valence-electron chi connectivity index (χ4n) is 5.60. The number of hydrogen-bond donors (Lipinski definition) is 2. The van der Waals surface area contributed by atoms with Gasteiger partial charge in [-0.15, -0.1) is 11.6 Å². The Hall–Kier alpha value is -3.19. The van der Waals surface area contributed by atoms with Gasteiger partial charge in [0, 0.05) is 23.4 Å². The molecule has 0 unspecified atom stereocenters. The molecule has 1 aromatic carbocycles. The predicted octanol–water partition coefficient (Wildman–Crippen LogP) is 6.54.